The van der Waals surface area contributed by atoms with Crippen LogP contribution in [0.25, 0.3) is 0 Å². The van der Waals surface area contributed by atoms with Gasteiger partial charge in [-0.2, -0.15) is 0 Å². The van der Waals surface area contributed by atoms with Gasteiger partial charge in [0.25, 0.3) is 0 Å². The number of carboxylic acids is 1. The molecule has 1 aliphatic rings. The highest BCUT2D eigenvalue weighted by molar-refractivity contribution is 5.89. The van der Waals surface area contributed by atoms with E-state index in [4.69, 9.17) is 4.74 Å². The number of likely N-dealkylation sites (tertiary alicyclic amines) is 1. The second kappa shape index (κ2) is 8.50. The summed E-state index contributed by atoms with van der Waals surface area (Å²) in [6.07, 6.45) is 0.592. The van der Waals surface area contributed by atoms with Crippen molar-refractivity contribution in [2.45, 2.75) is 26.8 Å². The third-order valence-corrected chi connectivity index (χ3v) is 4.20. The summed E-state index contributed by atoms with van der Waals surface area (Å²) in [6, 6.07) is 6.55. The third-order valence-electron chi connectivity index (χ3n) is 4.20. The van der Waals surface area contributed by atoms with Crippen molar-refractivity contribution in [3.8, 4) is 0 Å². The summed E-state index contributed by atoms with van der Waals surface area (Å²) >= 11 is 0. The number of piperidine rings is 1. The van der Waals surface area contributed by atoms with E-state index in [0.717, 1.165) is 5.56 Å². The van der Waals surface area contributed by atoms with Crippen LogP contribution in [0.4, 0.5) is 4.79 Å². The molecule has 7 nitrogen and oxygen atoms in total. The van der Waals surface area contributed by atoms with Crippen molar-refractivity contribution in [2.24, 2.45) is 11.8 Å². The van der Waals surface area contributed by atoms with Gasteiger partial charge >= 0.3 is 18.0 Å². The van der Waals surface area contributed by atoms with Crippen LogP contribution in [0.1, 0.15) is 36.2 Å². The van der Waals surface area contributed by atoms with Crippen molar-refractivity contribution >= 4 is 18.0 Å². The Morgan fingerprint density at radius 3 is 2.52 bits per heavy atom. The van der Waals surface area contributed by atoms with Crippen LogP contribution in [0.5, 0.6) is 0 Å². The van der Waals surface area contributed by atoms with Gasteiger partial charge in [-0.15, -0.1) is 0 Å². The average molecular weight is 348 g/mol. The molecule has 7 heteroatoms. The van der Waals surface area contributed by atoms with Gasteiger partial charge in [0, 0.05) is 19.6 Å². The Hall–Kier alpha value is -2.57. The van der Waals surface area contributed by atoms with E-state index in [1.165, 1.54) is 0 Å². The van der Waals surface area contributed by atoms with Crippen molar-refractivity contribution in [1.29, 1.82) is 0 Å². The number of amides is 2. The molecule has 136 valence electrons. The van der Waals surface area contributed by atoms with Crippen LogP contribution in [0, 0.1) is 11.8 Å². The normalized spacial score (nSPS) is 20.0. The van der Waals surface area contributed by atoms with Crippen LogP contribution in [0.3, 0.4) is 0 Å². The van der Waals surface area contributed by atoms with E-state index in [1.807, 2.05) is 6.92 Å². The van der Waals surface area contributed by atoms with Gasteiger partial charge in [-0.25, -0.2) is 9.59 Å². The predicted molar refractivity (Wildman–Crippen MR) is 91.1 cm³/mol. The maximum absolute atomic E-state index is 12.3. The summed E-state index contributed by atoms with van der Waals surface area (Å²) in [6.45, 7) is 5.11. The number of benzene rings is 1. The Balaban J connectivity index is 1.89. The molecule has 2 atom stereocenters. The maximum atomic E-state index is 12.3. The van der Waals surface area contributed by atoms with Gasteiger partial charge in [-0.3, -0.25) is 4.79 Å². The molecule has 1 saturated heterocycles. The summed E-state index contributed by atoms with van der Waals surface area (Å²) in [5.41, 5.74) is 1.31. The van der Waals surface area contributed by atoms with Gasteiger partial charge in [-0.1, -0.05) is 19.1 Å². The first-order valence-electron chi connectivity index (χ1n) is 8.42. The number of nitrogens with one attached hydrogen (secondary N) is 1. The van der Waals surface area contributed by atoms with E-state index in [1.54, 1.807) is 36.1 Å². The van der Waals surface area contributed by atoms with Gasteiger partial charge < -0.3 is 20.1 Å². The van der Waals surface area contributed by atoms with E-state index < -0.39 is 11.9 Å². The topological polar surface area (TPSA) is 95.9 Å². The van der Waals surface area contributed by atoms with Crippen LogP contribution in [0.2, 0.25) is 0 Å². The monoisotopic (exact) mass is 348 g/mol. The minimum atomic E-state index is -0.862. The summed E-state index contributed by atoms with van der Waals surface area (Å²) in [5, 5.41) is 12.0. The highest BCUT2D eigenvalue weighted by Gasteiger charge is 2.31. The zero-order valence-corrected chi connectivity index (χ0v) is 14.5. The molecule has 2 rings (SSSR count). The average Bonchev–Trinajstić information content (AvgIpc) is 2.59. The molecule has 0 aliphatic carbocycles. The molecule has 2 unspecified atom stereocenters. The van der Waals surface area contributed by atoms with E-state index in [-0.39, 0.29) is 24.5 Å². The van der Waals surface area contributed by atoms with Gasteiger partial charge in [0.15, 0.2) is 0 Å². The molecule has 1 fully saturated rings. The molecule has 1 aromatic rings. The SMILES string of the molecule is CCOC(=O)c1ccc(CNC(=O)N2CC(C)CC(C(=O)O)C2)cc1. The highest BCUT2D eigenvalue weighted by atomic mass is 16.5. The number of hydrogen-bond donors (Lipinski definition) is 2. The molecule has 0 spiro atoms. The lowest BCUT2D eigenvalue weighted by molar-refractivity contribution is -0.143. The number of aliphatic carboxylic acids is 1. The van der Waals surface area contributed by atoms with E-state index >= 15 is 0 Å². The van der Waals surface area contributed by atoms with Gasteiger partial charge in [0.05, 0.1) is 18.1 Å². The lowest BCUT2D eigenvalue weighted by atomic mass is 9.91. The van der Waals surface area contributed by atoms with E-state index in [0.29, 0.717) is 31.7 Å². The number of urea groups is 1. The molecule has 25 heavy (non-hydrogen) atoms. The molecular weight excluding hydrogens is 324 g/mol. The van der Waals surface area contributed by atoms with Crippen molar-refractivity contribution in [3.63, 3.8) is 0 Å². The highest BCUT2D eigenvalue weighted by Crippen LogP contribution is 2.21. The molecule has 1 aromatic carbocycles. The number of esters is 1. The lowest BCUT2D eigenvalue weighted by Gasteiger charge is -2.34. The second-order valence-electron chi connectivity index (χ2n) is 6.36. The second-order valence-corrected chi connectivity index (χ2v) is 6.36. The predicted octanol–water partition coefficient (Wildman–Crippen LogP) is 2.12. The molecular formula is C18H24N2O5. The smallest absolute Gasteiger partial charge is 0.338 e. The van der Waals surface area contributed by atoms with Crippen molar-refractivity contribution in [3.05, 3.63) is 35.4 Å². The Bertz CT molecular complexity index is 629. The molecule has 2 N–H and O–H groups in total. The largest absolute Gasteiger partial charge is 0.481 e. The van der Waals surface area contributed by atoms with Crippen LogP contribution in [0.15, 0.2) is 24.3 Å². The van der Waals surface area contributed by atoms with Gasteiger partial charge in [-0.05, 0) is 37.0 Å². The fourth-order valence-electron chi connectivity index (χ4n) is 2.96. The summed E-state index contributed by atoms with van der Waals surface area (Å²) in [4.78, 5) is 36.6. The molecule has 0 radical (unpaired) electrons. The lowest BCUT2D eigenvalue weighted by Crippen LogP contribution is -2.49. The van der Waals surface area contributed by atoms with E-state index in [2.05, 4.69) is 5.32 Å². The molecule has 1 heterocycles. The third kappa shape index (κ3) is 5.20. The maximum Gasteiger partial charge on any atom is 0.338 e. The first kappa shape index (κ1) is 18.8. The van der Waals surface area contributed by atoms with Gasteiger partial charge in [0.1, 0.15) is 0 Å². The van der Waals surface area contributed by atoms with Crippen molar-refractivity contribution in [2.75, 3.05) is 19.7 Å². The van der Waals surface area contributed by atoms with Crippen LogP contribution < -0.4 is 5.32 Å². The summed E-state index contributed by atoms with van der Waals surface area (Å²) in [5.74, 6) is -1.60. The fourth-order valence-corrected chi connectivity index (χ4v) is 2.96. The number of carbonyl (C=O) groups excluding carboxylic acids is 2. The van der Waals surface area contributed by atoms with E-state index in [9.17, 15) is 19.5 Å². The van der Waals surface area contributed by atoms with Gasteiger partial charge in [0.2, 0.25) is 0 Å². The zero-order chi connectivity index (χ0) is 18.4. The quantitative estimate of drug-likeness (QED) is 0.795. The standard InChI is InChI=1S/C18H24N2O5/c1-3-25-17(23)14-6-4-13(5-7-14)9-19-18(24)20-10-12(2)8-15(11-20)16(21)22/h4-7,12,15H,3,8-11H2,1-2H3,(H,19,24)(H,21,22). The molecule has 2 amide bonds. The molecule has 0 aromatic heterocycles. The Morgan fingerprint density at radius 1 is 1.24 bits per heavy atom. The van der Waals surface area contributed by atoms with Crippen molar-refractivity contribution in [1.82, 2.24) is 10.2 Å². The van der Waals surface area contributed by atoms with Crippen LogP contribution in [-0.4, -0.2) is 47.7 Å². The first-order chi connectivity index (χ1) is 11.9. The fraction of sp³-hybridized carbons (Fsp3) is 0.500. The first-order valence-corrected chi connectivity index (χ1v) is 8.42. The summed E-state index contributed by atoms with van der Waals surface area (Å²) in [7, 11) is 0. The Kier molecular flexibility index (Phi) is 6.38. The van der Waals surface area contributed by atoms with Crippen LogP contribution in [-0.2, 0) is 16.1 Å². The summed E-state index contributed by atoms with van der Waals surface area (Å²) < 4.78 is 4.92. The minimum absolute atomic E-state index is 0.157. The molecule has 0 saturated carbocycles. The number of ether oxygens (including phenoxy) is 1. The molecule has 1 aliphatic heterocycles. The number of carboxylic acid groups (broad SMARTS) is 1. The zero-order valence-electron chi connectivity index (χ0n) is 14.5. The Labute approximate surface area is 147 Å². The number of hydrogen-bond acceptors (Lipinski definition) is 4. The van der Waals surface area contributed by atoms with Crippen LogP contribution >= 0.6 is 0 Å². The Morgan fingerprint density at radius 2 is 1.92 bits per heavy atom. The number of carbonyl (C=O) groups is 3. The molecule has 0 bridgehead atoms. The minimum Gasteiger partial charge on any atom is -0.481 e. The number of nitrogens with zero attached hydrogens (tertiary/aromatic N) is 1. The van der Waals surface area contributed by atoms with Crippen molar-refractivity contribution < 1.29 is 24.2 Å². The number of rotatable bonds is 5.